The van der Waals surface area contributed by atoms with Crippen molar-refractivity contribution in [1.82, 2.24) is 4.98 Å². The van der Waals surface area contributed by atoms with Gasteiger partial charge in [0.05, 0.1) is 21.8 Å². The highest BCUT2D eigenvalue weighted by Crippen LogP contribution is 2.23. The molecule has 0 aliphatic rings. The minimum atomic E-state index is -1.12. The van der Waals surface area contributed by atoms with E-state index >= 15 is 0 Å². The predicted octanol–water partition coefficient (Wildman–Crippen LogP) is 1.98. The molecule has 0 radical (unpaired) electrons. The lowest BCUT2D eigenvalue weighted by Gasteiger charge is -2.08. The fraction of sp³-hybridized carbons (Fsp3) is 0. The smallest absolute Gasteiger partial charge is 0.335 e. The molecule has 20 heavy (non-hydrogen) atoms. The van der Waals surface area contributed by atoms with Crippen LogP contribution in [0.5, 0.6) is 0 Å². The Bertz CT molecular complexity index is 719. The Labute approximate surface area is 118 Å². The summed E-state index contributed by atoms with van der Waals surface area (Å²) in [5.74, 6) is -1.63. The maximum Gasteiger partial charge on any atom is 0.335 e. The Balaban J connectivity index is 2.27. The zero-order valence-electron chi connectivity index (χ0n) is 10.0. The monoisotopic (exact) mass is 292 g/mol. The van der Waals surface area contributed by atoms with Gasteiger partial charge >= 0.3 is 5.97 Å². The summed E-state index contributed by atoms with van der Waals surface area (Å²) in [6, 6.07) is 6.54. The number of amides is 1. The molecule has 2 aromatic rings. The molecule has 0 saturated carbocycles. The van der Waals surface area contributed by atoms with Crippen molar-refractivity contribution in [2.24, 2.45) is 0 Å². The summed E-state index contributed by atoms with van der Waals surface area (Å²) in [5, 5.41) is 11.6. The Morgan fingerprint density at radius 3 is 2.45 bits per heavy atom. The molecule has 0 atom stereocenters. The molecule has 0 aliphatic heterocycles. The highest BCUT2D eigenvalue weighted by molar-refractivity contribution is 6.34. The summed E-state index contributed by atoms with van der Waals surface area (Å²) in [6.07, 6.45) is 1.26. The standard InChI is InChI=1S/C13H9ClN2O4/c14-9-3-1-7(13(19)20)5-10(9)16-12(18)8-2-4-11(17)15-6-8/h1-6H,(H,15,17)(H,16,18)(H,19,20). The van der Waals surface area contributed by atoms with Gasteiger partial charge in [-0.25, -0.2) is 4.79 Å². The Morgan fingerprint density at radius 1 is 1.15 bits per heavy atom. The molecule has 2 rings (SSSR count). The number of hydrogen-bond donors (Lipinski definition) is 3. The molecule has 102 valence electrons. The van der Waals surface area contributed by atoms with Gasteiger partial charge in [0.2, 0.25) is 5.56 Å². The number of pyridine rings is 1. The summed E-state index contributed by atoms with van der Waals surface area (Å²) in [6.45, 7) is 0. The molecule has 0 bridgehead atoms. The minimum absolute atomic E-state index is 0.00571. The number of carbonyl (C=O) groups excluding carboxylic acids is 1. The van der Waals surface area contributed by atoms with Crippen LogP contribution in [-0.2, 0) is 0 Å². The first kappa shape index (κ1) is 13.8. The van der Waals surface area contributed by atoms with E-state index in [1.54, 1.807) is 0 Å². The molecule has 1 aromatic carbocycles. The van der Waals surface area contributed by atoms with Crippen LogP contribution in [0.1, 0.15) is 20.7 Å². The number of nitrogens with one attached hydrogen (secondary N) is 2. The second-order valence-electron chi connectivity index (χ2n) is 3.90. The summed E-state index contributed by atoms with van der Waals surface area (Å²) in [5.41, 5.74) is 0.0859. The van der Waals surface area contributed by atoms with Gasteiger partial charge in [-0.05, 0) is 24.3 Å². The number of H-pyrrole nitrogens is 1. The number of benzene rings is 1. The number of hydrogen-bond acceptors (Lipinski definition) is 3. The normalized spacial score (nSPS) is 10.1. The van der Waals surface area contributed by atoms with Crippen molar-refractivity contribution in [3.8, 4) is 0 Å². The first-order chi connectivity index (χ1) is 9.47. The van der Waals surface area contributed by atoms with Crippen LogP contribution in [-0.4, -0.2) is 22.0 Å². The zero-order valence-corrected chi connectivity index (χ0v) is 10.8. The van der Waals surface area contributed by atoms with Crippen LogP contribution in [0.3, 0.4) is 0 Å². The number of rotatable bonds is 3. The van der Waals surface area contributed by atoms with Gasteiger partial charge in [0.25, 0.3) is 5.91 Å². The van der Waals surface area contributed by atoms with Gasteiger partial charge in [-0.2, -0.15) is 0 Å². The largest absolute Gasteiger partial charge is 0.478 e. The minimum Gasteiger partial charge on any atom is -0.478 e. The highest BCUT2D eigenvalue weighted by atomic mass is 35.5. The molecule has 1 amide bonds. The number of carbonyl (C=O) groups is 2. The molecular formula is C13H9ClN2O4. The highest BCUT2D eigenvalue weighted by Gasteiger charge is 2.11. The summed E-state index contributed by atoms with van der Waals surface area (Å²) in [4.78, 5) is 36.1. The van der Waals surface area contributed by atoms with Gasteiger partial charge in [0, 0.05) is 12.3 Å². The van der Waals surface area contributed by atoms with Gasteiger partial charge in [-0.3, -0.25) is 9.59 Å². The quantitative estimate of drug-likeness (QED) is 0.805. The predicted molar refractivity (Wildman–Crippen MR) is 73.4 cm³/mol. The van der Waals surface area contributed by atoms with Crippen molar-refractivity contribution in [3.63, 3.8) is 0 Å². The van der Waals surface area contributed by atoms with E-state index in [0.717, 1.165) is 0 Å². The fourth-order valence-electron chi connectivity index (χ4n) is 1.50. The van der Waals surface area contributed by atoms with Gasteiger partial charge < -0.3 is 15.4 Å². The number of aromatic carboxylic acids is 1. The van der Waals surface area contributed by atoms with Crippen molar-refractivity contribution < 1.29 is 14.7 Å². The van der Waals surface area contributed by atoms with Crippen LogP contribution < -0.4 is 10.9 Å². The van der Waals surface area contributed by atoms with E-state index in [1.807, 2.05) is 0 Å². The lowest BCUT2D eigenvalue weighted by atomic mass is 10.2. The molecule has 1 aromatic heterocycles. The molecule has 0 aliphatic carbocycles. The number of carboxylic acid groups (broad SMARTS) is 1. The van der Waals surface area contributed by atoms with Gasteiger partial charge in [0.1, 0.15) is 0 Å². The van der Waals surface area contributed by atoms with E-state index in [0.29, 0.717) is 0 Å². The molecule has 0 unspecified atom stereocenters. The van der Waals surface area contributed by atoms with Gasteiger partial charge in [0.15, 0.2) is 0 Å². The maximum absolute atomic E-state index is 11.9. The molecule has 6 nitrogen and oxygen atoms in total. The van der Waals surface area contributed by atoms with Crippen molar-refractivity contribution >= 4 is 29.2 Å². The Kier molecular flexibility index (Phi) is 3.86. The molecule has 0 saturated heterocycles. The van der Waals surface area contributed by atoms with E-state index in [-0.39, 0.29) is 27.4 Å². The van der Waals surface area contributed by atoms with E-state index in [4.69, 9.17) is 16.7 Å². The third-order valence-electron chi connectivity index (χ3n) is 2.51. The molecule has 0 fully saturated rings. The lowest BCUT2D eigenvalue weighted by Crippen LogP contribution is -2.15. The SMILES string of the molecule is O=C(O)c1ccc(Cl)c(NC(=O)c2ccc(=O)[nH]c2)c1. The third kappa shape index (κ3) is 3.04. The van der Waals surface area contributed by atoms with Crippen LogP contribution in [0.2, 0.25) is 5.02 Å². The van der Waals surface area contributed by atoms with Crippen LogP contribution in [0.15, 0.2) is 41.3 Å². The van der Waals surface area contributed by atoms with Crippen molar-refractivity contribution in [2.45, 2.75) is 0 Å². The van der Waals surface area contributed by atoms with Crippen molar-refractivity contribution in [1.29, 1.82) is 0 Å². The first-order valence-corrected chi connectivity index (χ1v) is 5.88. The fourth-order valence-corrected chi connectivity index (χ4v) is 1.67. The van der Waals surface area contributed by atoms with E-state index < -0.39 is 11.9 Å². The van der Waals surface area contributed by atoms with Crippen LogP contribution in [0.25, 0.3) is 0 Å². The van der Waals surface area contributed by atoms with Crippen LogP contribution >= 0.6 is 11.6 Å². The number of aromatic amines is 1. The van der Waals surface area contributed by atoms with Gasteiger partial charge in [-0.15, -0.1) is 0 Å². The van der Waals surface area contributed by atoms with Crippen molar-refractivity contribution in [2.75, 3.05) is 5.32 Å². The average molecular weight is 293 g/mol. The van der Waals surface area contributed by atoms with Crippen LogP contribution in [0.4, 0.5) is 5.69 Å². The first-order valence-electron chi connectivity index (χ1n) is 5.50. The molecule has 3 N–H and O–H groups in total. The van der Waals surface area contributed by atoms with E-state index in [9.17, 15) is 14.4 Å². The topological polar surface area (TPSA) is 99.3 Å². The number of halogens is 1. The van der Waals surface area contributed by atoms with E-state index in [2.05, 4.69) is 10.3 Å². The van der Waals surface area contributed by atoms with E-state index in [1.165, 1.54) is 36.5 Å². The third-order valence-corrected chi connectivity index (χ3v) is 2.84. The second-order valence-corrected chi connectivity index (χ2v) is 4.30. The summed E-state index contributed by atoms with van der Waals surface area (Å²) < 4.78 is 0. The molecule has 0 spiro atoms. The molecular weight excluding hydrogens is 284 g/mol. The van der Waals surface area contributed by atoms with Crippen molar-refractivity contribution in [3.05, 3.63) is 63.0 Å². The molecule has 7 heteroatoms. The zero-order chi connectivity index (χ0) is 14.7. The number of carboxylic acids is 1. The Morgan fingerprint density at radius 2 is 1.85 bits per heavy atom. The Hall–Kier alpha value is -2.60. The average Bonchev–Trinajstić information content (AvgIpc) is 2.41. The van der Waals surface area contributed by atoms with Gasteiger partial charge in [-0.1, -0.05) is 11.6 Å². The van der Waals surface area contributed by atoms with Crippen LogP contribution in [0, 0.1) is 0 Å². The number of aromatic nitrogens is 1. The lowest BCUT2D eigenvalue weighted by molar-refractivity contribution is 0.0696. The molecule has 1 heterocycles. The summed E-state index contributed by atoms with van der Waals surface area (Å²) >= 11 is 5.89. The maximum atomic E-state index is 11.9. The second kappa shape index (κ2) is 5.58. The summed E-state index contributed by atoms with van der Waals surface area (Å²) in [7, 11) is 0. The number of anilines is 1.